The van der Waals surface area contributed by atoms with Crippen molar-refractivity contribution in [3.8, 4) is 11.1 Å². The maximum atomic E-state index is 13.5. The molecule has 2 aliphatic heterocycles. The largest absolute Gasteiger partial charge is 0.362 e. The van der Waals surface area contributed by atoms with E-state index in [2.05, 4.69) is 4.98 Å². The molecule has 4 rings (SSSR count). The molecule has 9 nitrogen and oxygen atoms in total. The lowest BCUT2D eigenvalue weighted by molar-refractivity contribution is -0.162. The Balaban J connectivity index is 1.69. The summed E-state index contributed by atoms with van der Waals surface area (Å²) in [6, 6.07) is 5.70. The van der Waals surface area contributed by atoms with Gasteiger partial charge in [0.15, 0.2) is 0 Å². The molecule has 174 valence electrons. The van der Waals surface area contributed by atoms with Crippen LogP contribution >= 0.6 is 0 Å². The minimum absolute atomic E-state index is 0.213. The first kappa shape index (κ1) is 22.8. The molecule has 0 unspecified atom stereocenters. The second-order valence-electron chi connectivity index (χ2n) is 8.34. The summed E-state index contributed by atoms with van der Waals surface area (Å²) in [5, 5.41) is 0. The van der Waals surface area contributed by atoms with Crippen molar-refractivity contribution in [2.75, 3.05) is 45.3 Å². The average molecular weight is 455 g/mol. The molecule has 0 radical (unpaired) electrons. The third kappa shape index (κ3) is 4.85. The summed E-state index contributed by atoms with van der Waals surface area (Å²) in [6.07, 6.45) is 4.07. The molecule has 0 N–H and O–H groups in total. The summed E-state index contributed by atoms with van der Waals surface area (Å²) >= 11 is 0. The van der Waals surface area contributed by atoms with Crippen LogP contribution in [0.3, 0.4) is 0 Å². The highest BCUT2D eigenvalue weighted by atomic mass is 19.1. The normalized spacial score (nSPS) is 19.1. The lowest BCUT2D eigenvalue weighted by Crippen LogP contribution is -2.52. The van der Waals surface area contributed by atoms with Crippen molar-refractivity contribution in [3.05, 3.63) is 42.0 Å². The van der Waals surface area contributed by atoms with Crippen LogP contribution in [0.5, 0.6) is 0 Å². The van der Waals surface area contributed by atoms with E-state index < -0.39 is 11.8 Å². The third-order valence-corrected chi connectivity index (χ3v) is 5.85. The molecule has 2 fully saturated rings. The predicted molar refractivity (Wildman–Crippen MR) is 118 cm³/mol. The van der Waals surface area contributed by atoms with E-state index in [9.17, 15) is 18.8 Å². The van der Waals surface area contributed by atoms with E-state index >= 15 is 0 Å². The standard InChI is InChI=1S/C23H26FN5O4/c1-27(2)23-25-11-17(15-6-8-16(24)9-7-15)22(26-23)18-5-3-4-10-28(18)19(30)12-29-20(31)13-33-14-21(29)32/h6-9,11,18H,3-5,10,12-14H2,1-2H3/t18-/m1/s1. The smallest absolute Gasteiger partial charge is 0.255 e. The fourth-order valence-corrected chi connectivity index (χ4v) is 4.14. The van der Waals surface area contributed by atoms with Crippen molar-refractivity contribution < 1.29 is 23.5 Å². The van der Waals surface area contributed by atoms with Gasteiger partial charge >= 0.3 is 0 Å². The maximum absolute atomic E-state index is 13.5. The SMILES string of the molecule is CN(C)c1ncc(-c2ccc(F)cc2)c([C@H]2CCCCN2C(=O)CN2C(=O)COCC2=O)n1. The molecule has 2 saturated heterocycles. The van der Waals surface area contributed by atoms with Crippen LogP contribution in [0.4, 0.5) is 10.3 Å². The third-order valence-electron chi connectivity index (χ3n) is 5.85. The summed E-state index contributed by atoms with van der Waals surface area (Å²) in [4.78, 5) is 51.1. The van der Waals surface area contributed by atoms with Gasteiger partial charge in [-0.25, -0.2) is 14.4 Å². The maximum Gasteiger partial charge on any atom is 0.255 e. The second-order valence-corrected chi connectivity index (χ2v) is 8.34. The molecule has 1 atom stereocenters. The number of hydrogen-bond donors (Lipinski definition) is 0. The van der Waals surface area contributed by atoms with Gasteiger partial charge in [-0.15, -0.1) is 0 Å². The van der Waals surface area contributed by atoms with Gasteiger partial charge in [-0.1, -0.05) is 12.1 Å². The van der Waals surface area contributed by atoms with Crippen molar-refractivity contribution in [1.82, 2.24) is 19.8 Å². The van der Waals surface area contributed by atoms with Crippen molar-refractivity contribution in [2.24, 2.45) is 0 Å². The predicted octanol–water partition coefficient (Wildman–Crippen LogP) is 1.79. The fourth-order valence-electron chi connectivity index (χ4n) is 4.14. The highest BCUT2D eigenvalue weighted by Crippen LogP contribution is 2.36. The van der Waals surface area contributed by atoms with E-state index in [1.54, 1.807) is 28.1 Å². The average Bonchev–Trinajstić information content (AvgIpc) is 2.81. The van der Waals surface area contributed by atoms with Crippen LogP contribution < -0.4 is 4.90 Å². The zero-order valence-corrected chi connectivity index (χ0v) is 18.7. The number of nitrogens with zero attached hydrogens (tertiary/aromatic N) is 5. The molecule has 2 aliphatic rings. The highest BCUT2D eigenvalue weighted by Gasteiger charge is 2.35. The number of carbonyl (C=O) groups is 3. The number of ether oxygens (including phenoxy) is 1. The molecule has 3 amide bonds. The number of benzene rings is 1. The van der Waals surface area contributed by atoms with E-state index in [1.807, 2.05) is 14.1 Å². The van der Waals surface area contributed by atoms with Crippen molar-refractivity contribution in [2.45, 2.75) is 25.3 Å². The summed E-state index contributed by atoms with van der Waals surface area (Å²) in [5.41, 5.74) is 2.12. The zero-order valence-electron chi connectivity index (χ0n) is 18.7. The quantitative estimate of drug-likeness (QED) is 0.634. The number of rotatable bonds is 5. The number of morpholine rings is 1. The van der Waals surface area contributed by atoms with Crippen LogP contribution in [-0.2, 0) is 19.1 Å². The molecular formula is C23H26FN5O4. The Morgan fingerprint density at radius 3 is 2.52 bits per heavy atom. The van der Waals surface area contributed by atoms with Crippen LogP contribution in [0.25, 0.3) is 11.1 Å². The summed E-state index contributed by atoms with van der Waals surface area (Å²) < 4.78 is 18.5. The molecular weight excluding hydrogens is 429 g/mol. The minimum atomic E-state index is -0.517. The van der Waals surface area contributed by atoms with Crippen LogP contribution in [0.15, 0.2) is 30.5 Å². The number of anilines is 1. The summed E-state index contributed by atoms with van der Waals surface area (Å²) in [5.74, 6) is -1.21. The lowest BCUT2D eigenvalue weighted by Gasteiger charge is -2.37. The van der Waals surface area contributed by atoms with Crippen LogP contribution in [-0.4, -0.2) is 77.9 Å². The fraction of sp³-hybridized carbons (Fsp3) is 0.435. The summed E-state index contributed by atoms with van der Waals surface area (Å²) in [6.45, 7) is -0.264. The molecule has 2 aromatic rings. The van der Waals surface area contributed by atoms with Gasteiger partial charge in [-0.2, -0.15) is 0 Å². The Hall–Kier alpha value is -3.40. The van der Waals surface area contributed by atoms with Gasteiger partial charge in [0, 0.05) is 32.4 Å². The lowest BCUT2D eigenvalue weighted by atomic mass is 9.93. The van der Waals surface area contributed by atoms with Crippen molar-refractivity contribution in [1.29, 1.82) is 0 Å². The second kappa shape index (κ2) is 9.62. The van der Waals surface area contributed by atoms with Gasteiger partial charge < -0.3 is 14.5 Å². The molecule has 10 heteroatoms. The van der Waals surface area contributed by atoms with Gasteiger partial charge in [0.1, 0.15) is 25.6 Å². The number of likely N-dealkylation sites (tertiary alicyclic amines) is 1. The number of hydrogen-bond acceptors (Lipinski definition) is 7. The van der Waals surface area contributed by atoms with Gasteiger partial charge in [0.2, 0.25) is 11.9 Å². The van der Waals surface area contributed by atoms with Crippen LogP contribution in [0, 0.1) is 5.82 Å². The Morgan fingerprint density at radius 2 is 1.85 bits per heavy atom. The van der Waals surface area contributed by atoms with Gasteiger partial charge in [0.25, 0.3) is 11.8 Å². The van der Waals surface area contributed by atoms with E-state index in [-0.39, 0.29) is 37.5 Å². The van der Waals surface area contributed by atoms with Crippen molar-refractivity contribution in [3.63, 3.8) is 0 Å². The first-order chi connectivity index (χ1) is 15.8. The molecule has 0 bridgehead atoms. The molecule has 33 heavy (non-hydrogen) atoms. The molecule has 1 aromatic carbocycles. The number of imide groups is 1. The Morgan fingerprint density at radius 1 is 1.15 bits per heavy atom. The number of piperidine rings is 1. The Bertz CT molecular complexity index is 1040. The van der Waals surface area contributed by atoms with E-state index in [0.717, 1.165) is 23.3 Å². The zero-order chi connectivity index (χ0) is 23.5. The highest BCUT2D eigenvalue weighted by molar-refractivity contribution is 6.01. The first-order valence-corrected chi connectivity index (χ1v) is 10.9. The van der Waals surface area contributed by atoms with Gasteiger partial charge in [0.05, 0.1) is 11.7 Å². The van der Waals surface area contributed by atoms with Gasteiger partial charge in [-0.3, -0.25) is 19.3 Å². The Kier molecular flexibility index (Phi) is 6.64. The van der Waals surface area contributed by atoms with E-state index in [1.165, 1.54) is 12.1 Å². The molecule has 0 saturated carbocycles. The number of aromatic nitrogens is 2. The van der Waals surface area contributed by atoms with E-state index in [0.29, 0.717) is 30.2 Å². The van der Waals surface area contributed by atoms with Gasteiger partial charge in [-0.05, 0) is 37.0 Å². The molecule has 3 heterocycles. The van der Waals surface area contributed by atoms with Crippen LogP contribution in [0.2, 0.25) is 0 Å². The van der Waals surface area contributed by atoms with Crippen molar-refractivity contribution >= 4 is 23.7 Å². The Labute approximate surface area is 191 Å². The first-order valence-electron chi connectivity index (χ1n) is 10.9. The molecule has 0 spiro atoms. The number of carbonyl (C=O) groups excluding carboxylic acids is 3. The van der Waals surface area contributed by atoms with E-state index in [4.69, 9.17) is 9.72 Å². The molecule has 0 aliphatic carbocycles. The minimum Gasteiger partial charge on any atom is -0.362 e. The van der Waals surface area contributed by atoms with Crippen LogP contribution in [0.1, 0.15) is 31.0 Å². The number of halogens is 1. The number of amides is 3. The summed E-state index contributed by atoms with van der Waals surface area (Å²) in [7, 11) is 3.66. The monoisotopic (exact) mass is 455 g/mol. The topological polar surface area (TPSA) is 95.9 Å². The molecule has 1 aromatic heterocycles.